The summed E-state index contributed by atoms with van der Waals surface area (Å²) in [6.45, 7) is 2.63. The van der Waals surface area contributed by atoms with Crippen LogP contribution in [0.3, 0.4) is 0 Å². The lowest BCUT2D eigenvalue weighted by Gasteiger charge is -2.17. The van der Waals surface area contributed by atoms with E-state index in [1.165, 1.54) is 0 Å². The minimum Gasteiger partial charge on any atom is -0.497 e. The van der Waals surface area contributed by atoms with Gasteiger partial charge < -0.3 is 15.4 Å². The van der Waals surface area contributed by atoms with Crippen LogP contribution in [0.5, 0.6) is 5.75 Å². The number of fused-ring (bicyclic) bond motifs is 1. The van der Waals surface area contributed by atoms with Gasteiger partial charge >= 0.3 is 0 Å². The third kappa shape index (κ3) is 3.94. The van der Waals surface area contributed by atoms with Gasteiger partial charge in [-0.2, -0.15) is 4.98 Å². The Kier molecular flexibility index (Phi) is 4.95. The van der Waals surface area contributed by atoms with Crippen LogP contribution in [0.4, 0.5) is 11.6 Å². The van der Waals surface area contributed by atoms with Crippen molar-refractivity contribution in [3.05, 3.63) is 66.2 Å². The van der Waals surface area contributed by atoms with Gasteiger partial charge in [-0.05, 0) is 36.8 Å². The Bertz CT molecular complexity index is 1160. The second-order valence-electron chi connectivity index (χ2n) is 6.91. The van der Waals surface area contributed by atoms with Crippen LogP contribution in [0.2, 0.25) is 0 Å². The quantitative estimate of drug-likeness (QED) is 0.560. The second kappa shape index (κ2) is 7.71. The van der Waals surface area contributed by atoms with Gasteiger partial charge in [0.15, 0.2) is 5.65 Å². The van der Waals surface area contributed by atoms with Gasteiger partial charge in [0.2, 0.25) is 5.95 Å². The number of nitrogens with two attached hydrogens (primary N) is 1. The minimum atomic E-state index is 0.621. The molecule has 2 N–H and O–H groups in total. The number of hydrogen-bond donors (Lipinski definition) is 1. The third-order valence-corrected chi connectivity index (χ3v) is 4.76. The molecule has 0 saturated carbocycles. The van der Waals surface area contributed by atoms with Gasteiger partial charge in [-0.1, -0.05) is 12.1 Å². The van der Waals surface area contributed by atoms with Gasteiger partial charge in [-0.25, -0.2) is 9.97 Å². The normalized spacial score (nSPS) is 10.9. The Hall–Kier alpha value is -3.74. The van der Waals surface area contributed by atoms with E-state index in [4.69, 9.17) is 10.5 Å². The molecule has 0 fully saturated rings. The molecule has 3 aromatic heterocycles. The van der Waals surface area contributed by atoms with E-state index >= 15 is 0 Å². The number of nitrogens with zero attached hydrogens (tertiary/aromatic N) is 5. The Morgan fingerprint density at radius 1 is 1.00 bits per heavy atom. The van der Waals surface area contributed by atoms with E-state index in [0.29, 0.717) is 23.8 Å². The summed E-state index contributed by atoms with van der Waals surface area (Å²) in [7, 11) is 3.62. The predicted molar refractivity (Wildman–Crippen MR) is 115 cm³/mol. The van der Waals surface area contributed by atoms with Crippen molar-refractivity contribution in [3.8, 4) is 16.9 Å². The lowest BCUT2D eigenvalue weighted by atomic mass is 10.1. The van der Waals surface area contributed by atoms with Crippen molar-refractivity contribution in [2.45, 2.75) is 13.5 Å². The largest absolute Gasteiger partial charge is 0.497 e. The third-order valence-electron chi connectivity index (χ3n) is 4.76. The number of aryl methyl sites for hydroxylation is 1. The van der Waals surface area contributed by atoms with Gasteiger partial charge in [0, 0.05) is 48.2 Å². The lowest BCUT2D eigenvalue weighted by molar-refractivity contribution is 0.414. The van der Waals surface area contributed by atoms with Gasteiger partial charge in [0.1, 0.15) is 5.75 Å². The topological polar surface area (TPSA) is 90.0 Å². The lowest BCUT2D eigenvalue weighted by Crippen LogP contribution is -2.19. The number of pyridine rings is 2. The Morgan fingerprint density at radius 2 is 1.79 bits per heavy atom. The van der Waals surface area contributed by atoms with Crippen molar-refractivity contribution in [2.24, 2.45) is 0 Å². The average molecular weight is 386 g/mol. The summed E-state index contributed by atoms with van der Waals surface area (Å²) in [5.41, 5.74) is 11.1. The molecule has 7 heteroatoms. The van der Waals surface area contributed by atoms with Crippen molar-refractivity contribution in [2.75, 3.05) is 24.8 Å². The summed E-state index contributed by atoms with van der Waals surface area (Å²) in [6, 6.07) is 11.9. The zero-order valence-corrected chi connectivity index (χ0v) is 16.6. The van der Waals surface area contributed by atoms with Crippen LogP contribution in [0.15, 0.2) is 55.0 Å². The first-order valence-corrected chi connectivity index (χ1v) is 9.23. The van der Waals surface area contributed by atoms with Crippen LogP contribution in [-0.2, 0) is 6.54 Å². The molecule has 0 aliphatic carbocycles. The van der Waals surface area contributed by atoms with Crippen LogP contribution < -0.4 is 15.4 Å². The molecule has 0 radical (unpaired) electrons. The molecule has 0 aliphatic heterocycles. The van der Waals surface area contributed by atoms with E-state index < -0.39 is 0 Å². The van der Waals surface area contributed by atoms with E-state index in [1.54, 1.807) is 25.7 Å². The van der Waals surface area contributed by atoms with E-state index in [9.17, 15) is 0 Å². The molecule has 0 atom stereocenters. The number of anilines is 2. The van der Waals surface area contributed by atoms with Crippen LogP contribution in [0.1, 0.15) is 11.3 Å². The fraction of sp³-hybridized carbons (Fsp3) is 0.182. The predicted octanol–water partition coefficient (Wildman–Crippen LogP) is 3.62. The van der Waals surface area contributed by atoms with Gasteiger partial charge in [0.25, 0.3) is 0 Å². The number of rotatable bonds is 5. The summed E-state index contributed by atoms with van der Waals surface area (Å²) in [5.74, 6) is 1.46. The maximum absolute atomic E-state index is 5.89. The Labute approximate surface area is 169 Å². The van der Waals surface area contributed by atoms with Gasteiger partial charge in [-0.3, -0.25) is 4.98 Å². The first-order chi connectivity index (χ1) is 14.0. The summed E-state index contributed by atoms with van der Waals surface area (Å²) >= 11 is 0. The zero-order chi connectivity index (χ0) is 20.4. The second-order valence-corrected chi connectivity index (χ2v) is 6.91. The van der Waals surface area contributed by atoms with Crippen LogP contribution >= 0.6 is 0 Å². The first kappa shape index (κ1) is 18.6. The molecule has 0 spiro atoms. The maximum atomic E-state index is 5.89. The average Bonchev–Trinajstić information content (AvgIpc) is 2.75. The highest BCUT2D eigenvalue weighted by molar-refractivity contribution is 5.82. The SMILES string of the molecule is COc1ccc(CN(C)c2ncc3cc(-c4cc(N)cnc4C)cnc3n2)cc1. The molecule has 29 heavy (non-hydrogen) atoms. The zero-order valence-electron chi connectivity index (χ0n) is 16.6. The molecule has 3 heterocycles. The Morgan fingerprint density at radius 3 is 2.55 bits per heavy atom. The summed E-state index contributed by atoms with van der Waals surface area (Å²) in [6.07, 6.45) is 5.25. The van der Waals surface area contributed by atoms with E-state index in [1.807, 2.05) is 55.3 Å². The molecule has 4 rings (SSSR count). The first-order valence-electron chi connectivity index (χ1n) is 9.23. The molecule has 146 valence electrons. The number of aromatic nitrogens is 4. The fourth-order valence-corrected chi connectivity index (χ4v) is 3.16. The molecule has 7 nitrogen and oxygen atoms in total. The smallest absolute Gasteiger partial charge is 0.227 e. The number of nitrogen functional groups attached to an aromatic ring is 1. The van der Waals surface area contributed by atoms with Crippen molar-refractivity contribution in [3.63, 3.8) is 0 Å². The van der Waals surface area contributed by atoms with Crippen molar-refractivity contribution < 1.29 is 4.74 Å². The molecular formula is C22H22N6O. The highest BCUT2D eigenvalue weighted by atomic mass is 16.5. The fourth-order valence-electron chi connectivity index (χ4n) is 3.16. The molecule has 1 aromatic carbocycles. The maximum Gasteiger partial charge on any atom is 0.227 e. The van der Waals surface area contributed by atoms with E-state index in [-0.39, 0.29) is 0 Å². The molecular weight excluding hydrogens is 364 g/mol. The molecule has 0 amide bonds. The van der Waals surface area contributed by atoms with Crippen LogP contribution in [0, 0.1) is 6.92 Å². The van der Waals surface area contributed by atoms with Gasteiger partial charge in [0.05, 0.1) is 19.0 Å². The standard InChI is InChI=1S/C22H22N6O/c1-14-20(9-18(23)12-24-14)16-8-17-11-26-22(27-21(17)25-10-16)28(2)13-15-4-6-19(29-3)7-5-15/h4-12H,13,23H2,1-3H3. The highest BCUT2D eigenvalue weighted by Gasteiger charge is 2.10. The molecule has 0 unspecified atom stereocenters. The summed E-state index contributed by atoms with van der Waals surface area (Å²) < 4.78 is 5.20. The van der Waals surface area contributed by atoms with Crippen molar-refractivity contribution in [1.82, 2.24) is 19.9 Å². The molecule has 0 bridgehead atoms. The van der Waals surface area contributed by atoms with Crippen LogP contribution in [0.25, 0.3) is 22.2 Å². The number of methoxy groups -OCH3 is 1. The monoisotopic (exact) mass is 386 g/mol. The van der Waals surface area contributed by atoms with E-state index in [2.05, 4.69) is 19.9 Å². The Balaban J connectivity index is 1.60. The molecule has 0 saturated heterocycles. The van der Waals surface area contributed by atoms with E-state index in [0.717, 1.165) is 33.5 Å². The summed E-state index contributed by atoms with van der Waals surface area (Å²) in [5, 5.41) is 0.867. The van der Waals surface area contributed by atoms with Crippen molar-refractivity contribution >= 4 is 22.7 Å². The number of benzene rings is 1. The highest BCUT2D eigenvalue weighted by Crippen LogP contribution is 2.26. The summed E-state index contributed by atoms with van der Waals surface area (Å²) in [4.78, 5) is 20.0. The van der Waals surface area contributed by atoms with Crippen molar-refractivity contribution in [1.29, 1.82) is 0 Å². The minimum absolute atomic E-state index is 0.621. The number of hydrogen-bond acceptors (Lipinski definition) is 7. The van der Waals surface area contributed by atoms with Gasteiger partial charge in [-0.15, -0.1) is 0 Å². The van der Waals surface area contributed by atoms with Crippen LogP contribution in [-0.4, -0.2) is 34.1 Å². The number of ether oxygens (including phenoxy) is 1. The molecule has 4 aromatic rings. The molecule has 0 aliphatic rings.